The first-order chi connectivity index (χ1) is 13.6. The second kappa shape index (κ2) is 6.62. The number of primary amides is 1. The smallest absolute Gasteiger partial charge is 0.365 e. The minimum absolute atomic E-state index is 0.0689. The van der Waals surface area contributed by atoms with E-state index in [0.29, 0.717) is 22.0 Å². The maximum atomic E-state index is 13.0. The molecule has 7 nitrogen and oxygen atoms in total. The fourth-order valence-electron chi connectivity index (χ4n) is 2.93. The molecule has 0 radical (unpaired) electrons. The summed E-state index contributed by atoms with van der Waals surface area (Å²) in [6.45, 7) is 3.44. The number of hydrogen-bond acceptors (Lipinski definition) is 6. The Kier molecular flexibility index (Phi) is 4.34. The van der Waals surface area contributed by atoms with Gasteiger partial charge in [-0.1, -0.05) is 0 Å². The molecule has 0 aliphatic heterocycles. The van der Waals surface area contributed by atoms with E-state index in [0.717, 1.165) is 11.8 Å². The van der Waals surface area contributed by atoms with E-state index in [4.69, 9.17) is 5.73 Å². The molecule has 0 spiro atoms. The van der Waals surface area contributed by atoms with Crippen LogP contribution in [0.1, 0.15) is 27.4 Å². The van der Waals surface area contributed by atoms with Crippen molar-refractivity contribution in [2.75, 3.05) is 0 Å². The van der Waals surface area contributed by atoms with E-state index in [2.05, 4.69) is 19.9 Å². The lowest BCUT2D eigenvalue weighted by molar-refractivity contribution is -0.140. The highest BCUT2D eigenvalue weighted by Crippen LogP contribution is 2.31. The van der Waals surface area contributed by atoms with Crippen molar-refractivity contribution in [3.05, 3.63) is 52.4 Å². The predicted octanol–water partition coefficient (Wildman–Crippen LogP) is 3.67. The number of pyridine rings is 1. The minimum atomic E-state index is -4.56. The van der Waals surface area contributed by atoms with E-state index in [-0.39, 0.29) is 16.9 Å². The summed E-state index contributed by atoms with van der Waals surface area (Å²) in [7, 11) is 0. The molecule has 4 aromatic rings. The van der Waals surface area contributed by atoms with Crippen LogP contribution in [0.5, 0.6) is 0 Å². The van der Waals surface area contributed by atoms with Gasteiger partial charge in [0.25, 0.3) is 5.91 Å². The van der Waals surface area contributed by atoms with E-state index in [1.165, 1.54) is 34.2 Å². The number of alkyl halides is 3. The van der Waals surface area contributed by atoms with Gasteiger partial charge in [0.05, 0.1) is 16.7 Å². The van der Waals surface area contributed by atoms with Crippen LogP contribution < -0.4 is 5.73 Å². The number of nitrogens with two attached hydrogens (primary N) is 1. The number of fused-ring (bicyclic) bond motifs is 1. The van der Waals surface area contributed by atoms with Crippen molar-refractivity contribution >= 4 is 28.3 Å². The third-order valence-corrected chi connectivity index (χ3v) is 5.15. The topological polar surface area (TPSA) is 99.6 Å². The van der Waals surface area contributed by atoms with Gasteiger partial charge in [0.2, 0.25) is 0 Å². The van der Waals surface area contributed by atoms with Gasteiger partial charge < -0.3 is 5.73 Å². The SMILES string of the molecule is Cc1csc(-c2nc(C)c(C(N)=O)c(-n3ccc4nc(C(F)(F)F)ccc43)n2)n1. The van der Waals surface area contributed by atoms with Crippen LogP contribution in [0.15, 0.2) is 29.8 Å². The molecule has 0 aromatic carbocycles. The molecule has 0 saturated carbocycles. The van der Waals surface area contributed by atoms with Crippen molar-refractivity contribution in [2.24, 2.45) is 5.73 Å². The van der Waals surface area contributed by atoms with Crippen LogP contribution in [0, 0.1) is 13.8 Å². The maximum Gasteiger partial charge on any atom is 0.433 e. The Bertz CT molecular complexity index is 1260. The second-order valence-electron chi connectivity index (χ2n) is 6.27. The first-order valence-electron chi connectivity index (χ1n) is 8.32. The summed E-state index contributed by atoms with van der Waals surface area (Å²) in [5.74, 6) is -0.298. The molecule has 0 bridgehead atoms. The summed E-state index contributed by atoms with van der Waals surface area (Å²) < 4.78 is 40.3. The number of halogens is 3. The fraction of sp³-hybridized carbons (Fsp3) is 0.167. The largest absolute Gasteiger partial charge is 0.433 e. The predicted molar refractivity (Wildman–Crippen MR) is 101 cm³/mol. The van der Waals surface area contributed by atoms with Crippen molar-refractivity contribution in [3.8, 4) is 16.6 Å². The molecule has 11 heteroatoms. The zero-order valence-corrected chi connectivity index (χ0v) is 16.0. The highest BCUT2D eigenvalue weighted by molar-refractivity contribution is 7.13. The molecule has 4 rings (SSSR count). The van der Waals surface area contributed by atoms with Gasteiger partial charge in [0.1, 0.15) is 11.3 Å². The Hall–Kier alpha value is -3.34. The normalized spacial score (nSPS) is 11.9. The maximum absolute atomic E-state index is 13.0. The summed E-state index contributed by atoms with van der Waals surface area (Å²) in [4.78, 5) is 28.9. The molecule has 0 fully saturated rings. The molecule has 4 aromatic heterocycles. The molecule has 0 saturated heterocycles. The van der Waals surface area contributed by atoms with Crippen LogP contribution in [-0.2, 0) is 6.18 Å². The van der Waals surface area contributed by atoms with Crippen LogP contribution in [-0.4, -0.2) is 30.4 Å². The molecular formula is C18H13F3N6OS. The van der Waals surface area contributed by atoms with Crippen molar-refractivity contribution in [2.45, 2.75) is 20.0 Å². The highest BCUT2D eigenvalue weighted by atomic mass is 32.1. The van der Waals surface area contributed by atoms with Crippen molar-refractivity contribution in [1.82, 2.24) is 24.5 Å². The first kappa shape index (κ1) is 19.0. The van der Waals surface area contributed by atoms with Gasteiger partial charge in [-0.05, 0) is 32.0 Å². The molecule has 0 aliphatic carbocycles. The van der Waals surface area contributed by atoms with Gasteiger partial charge in [-0.15, -0.1) is 11.3 Å². The molecule has 0 unspecified atom stereocenters. The second-order valence-corrected chi connectivity index (χ2v) is 7.13. The third kappa shape index (κ3) is 3.33. The Morgan fingerprint density at radius 2 is 1.86 bits per heavy atom. The fourth-order valence-corrected chi connectivity index (χ4v) is 3.66. The van der Waals surface area contributed by atoms with Crippen molar-refractivity contribution < 1.29 is 18.0 Å². The van der Waals surface area contributed by atoms with Crippen LogP contribution in [0.4, 0.5) is 13.2 Å². The zero-order chi connectivity index (χ0) is 20.9. The Morgan fingerprint density at radius 1 is 1.10 bits per heavy atom. The lowest BCUT2D eigenvalue weighted by Gasteiger charge is -2.12. The standard InChI is InChI=1S/C18H13F3N6OS/c1-8-7-29-17(23-8)15-24-9(2)13(14(22)28)16(26-15)27-6-5-10-11(27)3-4-12(25-10)18(19,20)21/h3-7H,1-2H3,(H2,22,28). The number of carbonyl (C=O) groups is 1. The zero-order valence-electron chi connectivity index (χ0n) is 15.2. The number of rotatable bonds is 3. The quantitative estimate of drug-likeness (QED) is 0.547. The summed E-state index contributed by atoms with van der Waals surface area (Å²) in [5, 5.41) is 2.39. The van der Waals surface area contributed by atoms with E-state index in [1.807, 2.05) is 12.3 Å². The molecule has 0 atom stereocenters. The summed E-state index contributed by atoms with van der Waals surface area (Å²) in [5.41, 5.74) is 6.18. The first-order valence-corrected chi connectivity index (χ1v) is 9.19. The number of aromatic nitrogens is 5. The summed E-state index contributed by atoms with van der Waals surface area (Å²) >= 11 is 1.34. The molecule has 2 N–H and O–H groups in total. The van der Waals surface area contributed by atoms with E-state index in [9.17, 15) is 18.0 Å². The van der Waals surface area contributed by atoms with Crippen LogP contribution in [0.3, 0.4) is 0 Å². The van der Waals surface area contributed by atoms with Crippen molar-refractivity contribution in [1.29, 1.82) is 0 Å². The number of nitrogens with zero attached hydrogens (tertiary/aromatic N) is 5. The number of aryl methyl sites for hydroxylation is 2. The monoisotopic (exact) mass is 418 g/mol. The third-order valence-electron chi connectivity index (χ3n) is 4.19. The van der Waals surface area contributed by atoms with Gasteiger partial charge in [0, 0.05) is 17.3 Å². The van der Waals surface area contributed by atoms with Gasteiger partial charge in [0.15, 0.2) is 16.6 Å². The number of amides is 1. The van der Waals surface area contributed by atoms with Crippen LogP contribution in [0.25, 0.3) is 27.7 Å². The van der Waals surface area contributed by atoms with Gasteiger partial charge >= 0.3 is 6.18 Å². The molecule has 1 amide bonds. The average molecular weight is 418 g/mol. The van der Waals surface area contributed by atoms with Gasteiger partial charge in [-0.2, -0.15) is 13.2 Å². The lowest BCUT2D eigenvalue weighted by Crippen LogP contribution is -2.19. The molecule has 148 valence electrons. The number of carbonyl (C=O) groups excluding carboxylic acids is 1. The minimum Gasteiger partial charge on any atom is -0.365 e. The lowest BCUT2D eigenvalue weighted by atomic mass is 10.2. The van der Waals surface area contributed by atoms with Crippen LogP contribution >= 0.6 is 11.3 Å². The Labute approximate surface area is 166 Å². The van der Waals surface area contributed by atoms with E-state index >= 15 is 0 Å². The van der Waals surface area contributed by atoms with Crippen molar-refractivity contribution in [3.63, 3.8) is 0 Å². The number of hydrogen-bond donors (Lipinski definition) is 1. The Morgan fingerprint density at radius 3 is 2.48 bits per heavy atom. The molecular weight excluding hydrogens is 405 g/mol. The van der Waals surface area contributed by atoms with Gasteiger partial charge in [-0.25, -0.2) is 19.9 Å². The Balaban J connectivity index is 1.96. The summed E-state index contributed by atoms with van der Waals surface area (Å²) in [6.07, 6.45) is -3.07. The summed E-state index contributed by atoms with van der Waals surface area (Å²) in [6, 6.07) is 3.57. The molecule has 4 heterocycles. The average Bonchev–Trinajstić information content (AvgIpc) is 3.25. The van der Waals surface area contributed by atoms with E-state index < -0.39 is 17.8 Å². The number of thiazole rings is 1. The van der Waals surface area contributed by atoms with E-state index in [1.54, 1.807) is 6.92 Å². The highest BCUT2D eigenvalue weighted by Gasteiger charge is 2.33. The molecule has 0 aliphatic rings. The van der Waals surface area contributed by atoms with Crippen LogP contribution in [0.2, 0.25) is 0 Å². The van der Waals surface area contributed by atoms with Gasteiger partial charge in [-0.3, -0.25) is 9.36 Å². The molecule has 29 heavy (non-hydrogen) atoms.